The summed E-state index contributed by atoms with van der Waals surface area (Å²) in [6, 6.07) is 0. The summed E-state index contributed by atoms with van der Waals surface area (Å²) in [7, 11) is 1.60. The molecular weight excluding hydrogens is 258 g/mol. The van der Waals surface area contributed by atoms with Crippen LogP contribution in [-0.4, -0.2) is 41.9 Å². The molecule has 2 unspecified atom stereocenters. The van der Waals surface area contributed by atoms with Gasteiger partial charge in [-0.05, 0) is 20.8 Å². The smallest absolute Gasteiger partial charge is 0.262 e. The Kier molecular flexibility index (Phi) is 5.00. The lowest BCUT2D eigenvalue weighted by atomic mass is 10.0. The molecule has 1 N–H and O–H groups in total. The van der Waals surface area contributed by atoms with Gasteiger partial charge in [-0.2, -0.15) is 4.98 Å². The number of rotatable bonds is 5. The van der Waals surface area contributed by atoms with Crippen LogP contribution in [0.1, 0.15) is 33.6 Å². The predicted octanol–water partition coefficient (Wildman–Crippen LogP) is 2.25. The highest BCUT2D eigenvalue weighted by Gasteiger charge is 2.27. The summed E-state index contributed by atoms with van der Waals surface area (Å²) in [6.45, 7) is 6.89. The monoisotopic (exact) mass is 281 g/mol. The Hall–Kier alpha value is -1.56. The Bertz CT molecular complexity index is 432. The van der Waals surface area contributed by atoms with Gasteiger partial charge in [0.2, 0.25) is 5.75 Å². The largest absolute Gasteiger partial charge is 0.489 e. The molecule has 2 atom stereocenters. The highest BCUT2D eigenvalue weighted by molar-refractivity contribution is 5.54. The Morgan fingerprint density at radius 2 is 2.00 bits per heavy atom. The van der Waals surface area contributed by atoms with E-state index in [-0.39, 0.29) is 18.3 Å². The zero-order valence-electron chi connectivity index (χ0n) is 12.5. The van der Waals surface area contributed by atoms with Crippen molar-refractivity contribution >= 4 is 5.82 Å². The van der Waals surface area contributed by atoms with E-state index in [1.807, 2.05) is 6.92 Å². The lowest BCUT2D eigenvalue weighted by Crippen LogP contribution is -2.36. The van der Waals surface area contributed by atoms with Gasteiger partial charge in [-0.25, -0.2) is 4.98 Å². The molecule has 0 amide bonds. The first-order valence-electron chi connectivity index (χ1n) is 7.09. The molecule has 0 radical (unpaired) electrons. The fourth-order valence-corrected chi connectivity index (χ4v) is 2.52. The standard InChI is InChI=1S/C14H23N3O3/c1-5-15-13-12(18-4)14(17-8-16-13)20-11-6-9(2)19-10(3)7-11/h8-11H,5-7H2,1-4H3,(H,15,16,17). The van der Waals surface area contributed by atoms with Gasteiger partial charge in [0.1, 0.15) is 12.4 Å². The molecule has 0 aliphatic carbocycles. The van der Waals surface area contributed by atoms with Crippen LogP contribution in [0.3, 0.4) is 0 Å². The SMILES string of the molecule is CCNc1ncnc(OC2CC(C)OC(C)C2)c1OC. The van der Waals surface area contributed by atoms with Crippen molar-refractivity contribution in [1.29, 1.82) is 0 Å². The maximum atomic E-state index is 6.01. The zero-order chi connectivity index (χ0) is 14.5. The topological polar surface area (TPSA) is 65.5 Å². The third-order valence-corrected chi connectivity index (χ3v) is 3.25. The molecule has 20 heavy (non-hydrogen) atoms. The van der Waals surface area contributed by atoms with Crippen molar-refractivity contribution in [1.82, 2.24) is 9.97 Å². The van der Waals surface area contributed by atoms with Gasteiger partial charge in [0.15, 0.2) is 5.82 Å². The summed E-state index contributed by atoms with van der Waals surface area (Å²) in [4.78, 5) is 8.37. The maximum absolute atomic E-state index is 6.01. The van der Waals surface area contributed by atoms with Crippen LogP contribution in [0.15, 0.2) is 6.33 Å². The molecule has 1 fully saturated rings. The maximum Gasteiger partial charge on any atom is 0.262 e. The lowest BCUT2D eigenvalue weighted by molar-refractivity contribution is -0.0733. The fraction of sp³-hybridized carbons (Fsp3) is 0.714. The summed E-state index contributed by atoms with van der Waals surface area (Å²) in [5.41, 5.74) is 0. The van der Waals surface area contributed by atoms with Gasteiger partial charge in [0, 0.05) is 19.4 Å². The normalized spacial score (nSPS) is 26.1. The average molecular weight is 281 g/mol. The molecule has 112 valence electrons. The summed E-state index contributed by atoms with van der Waals surface area (Å²) < 4.78 is 17.1. The summed E-state index contributed by atoms with van der Waals surface area (Å²) in [6.07, 6.45) is 3.69. The number of nitrogens with one attached hydrogen (secondary N) is 1. The van der Waals surface area contributed by atoms with E-state index < -0.39 is 0 Å². The minimum absolute atomic E-state index is 0.0898. The van der Waals surface area contributed by atoms with Gasteiger partial charge in [-0.3, -0.25) is 0 Å². The van der Waals surface area contributed by atoms with Crippen molar-refractivity contribution in [3.8, 4) is 11.6 Å². The van der Waals surface area contributed by atoms with Crippen LogP contribution in [0.25, 0.3) is 0 Å². The van der Waals surface area contributed by atoms with Gasteiger partial charge in [0.05, 0.1) is 19.3 Å². The molecule has 6 nitrogen and oxygen atoms in total. The minimum Gasteiger partial charge on any atom is -0.489 e. The quantitative estimate of drug-likeness (QED) is 0.893. The Balaban J connectivity index is 2.14. The summed E-state index contributed by atoms with van der Waals surface area (Å²) in [5, 5.41) is 3.14. The van der Waals surface area contributed by atoms with Crippen molar-refractivity contribution < 1.29 is 14.2 Å². The molecule has 2 rings (SSSR count). The molecule has 6 heteroatoms. The highest BCUT2D eigenvalue weighted by Crippen LogP contribution is 2.33. The van der Waals surface area contributed by atoms with E-state index in [1.54, 1.807) is 7.11 Å². The fourth-order valence-electron chi connectivity index (χ4n) is 2.52. The molecule has 0 aromatic carbocycles. The van der Waals surface area contributed by atoms with E-state index in [9.17, 15) is 0 Å². The molecule has 1 aromatic rings. The molecule has 0 spiro atoms. The van der Waals surface area contributed by atoms with Crippen LogP contribution in [0.5, 0.6) is 11.6 Å². The third-order valence-electron chi connectivity index (χ3n) is 3.25. The summed E-state index contributed by atoms with van der Waals surface area (Å²) in [5.74, 6) is 1.71. The Labute approximate surface area is 119 Å². The van der Waals surface area contributed by atoms with Crippen molar-refractivity contribution in [2.75, 3.05) is 19.0 Å². The molecule has 1 aromatic heterocycles. The van der Waals surface area contributed by atoms with E-state index in [0.29, 0.717) is 17.4 Å². The third kappa shape index (κ3) is 3.50. The number of hydrogen-bond donors (Lipinski definition) is 1. The van der Waals surface area contributed by atoms with Crippen molar-refractivity contribution in [2.24, 2.45) is 0 Å². The van der Waals surface area contributed by atoms with Crippen LogP contribution >= 0.6 is 0 Å². The first kappa shape index (κ1) is 14.8. The second-order valence-electron chi connectivity index (χ2n) is 5.06. The number of ether oxygens (including phenoxy) is 3. The number of nitrogens with zero attached hydrogens (tertiary/aromatic N) is 2. The van der Waals surface area contributed by atoms with E-state index in [2.05, 4.69) is 29.1 Å². The Morgan fingerprint density at radius 3 is 2.60 bits per heavy atom. The van der Waals surface area contributed by atoms with Crippen molar-refractivity contribution in [2.45, 2.75) is 51.9 Å². The van der Waals surface area contributed by atoms with Gasteiger partial charge in [-0.15, -0.1) is 0 Å². The van der Waals surface area contributed by atoms with Crippen molar-refractivity contribution in [3.05, 3.63) is 6.33 Å². The second kappa shape index (κ2) is 6.74. The van der Waals surface area contributed by atoms with E-state index in [4.69, 9.17) is 14.2 Å². The van der Waals surface area contributed by atoms with Gasteiger partial charge >= 0.3 is 0 Å². The molecule has 1 aliphatic rings. The lowest BCUT2D eigenvalue weighted by Gasteiger charge is -2.32. The van der Waals surface area contributed by atoms with E-state index in [1.165, 1.54) is 6.33 Å². The number of anilines is 1. The predicted molar refractivity (Wildman–Crippen MR) is 76.4 cm³/mol. The Morgan fingerprint density at radius 1 is 1.30 bits per heavy atom. The average Bonchev–Trinajstić information content (AvgIpc) is 2.38. The molecular formula is C14H23N3O3. The molecule has 1 saturated heterocycles. The van der Waals surface area contributed by atoms with Gasteiger partial charge < -0.3 is 19.5 Å². The number of methoxy groups -OCH3 is 1. The van der Waals surface area contributed by atoms with Crippen LogP contribution in [-0.2, 0) is 4.74 Å². The van der Waals surface area contributed by atoms with Crippen LogP contribution in [0.2, 0.25) is 0 Å². The number of aromatic nitrogens is 2. The molecule has 0 saturated carbocycles. The van der Waals surface area contributed by atoms with Gasteiger partial charge in [-0.1, -0.05) is 0 Å². The number of hydrogen-bond acceptors (Lipinski definition) is 6. The van der Waals surface area contributed by atoms with Crippen LogP contribution in [0.4, 0.5) is 5.82 Å². The van der Waals surface area contributed by atoms with Crippen LogP contribution < -0.4 is 14.8 Å². The molecule has 2 heterocycles. The second-order valence-corrected chi connectivity index (χ2v) is 5.06. The van der Waals surface area contributed by atoms with Gasteiger partial charge in [0.25, 0.3) is 5.88 Å². The van der Waals surface area contributed by atoms with E-state index in [0.717, 1.165) is 19.4 Å². The zero-order valence-corrected chi connectivity index (χ0v) is 12.5. The summed E-state index contributed by atoms with van der Waals surface area (Å²) >= 11 is 0. The first-order chi connectivity index (χ1) is 9.63. The molecule has 0 bridgehead atoms. The minimum atomic E-state index is 0.0898. The van der Waals surface area contributed by atoms with Crippen LogP contribution in [0, 0.1) is 0 Å². The van der Waals surface area contributed by atoms with E-state index >= 15 is 0 Å². The first-order valence-corrected chi connectivity index (χ1v) is 7.09. The molecule has 1 aliphatic heterocycles. The van der Waals surface area contributed by atoms with Crippen molar-refractivity contribution in [3.63, 3.8) is 0 Å². The highest BCUT2D eigenvalue weighted by atomic mass is 16.5.